The molecule has 312 valence electrons. The molecular weight excluding hydrogens is 793 g/mol. The van der Waals surface area contributed by atoms with Crippen molar-refractivity contribution in [3.8, 4) is 45.3 Å². The highest BCUT2D eigenvalue weighted by Gasteiger charge is 2.48. The molecule has 5 N–H and O–H groups in total. The summed E-state index contributed by atoms with van der Waals surface area (Å²) in [5.41, 5.74) is 17.7. The highest BCUT2D eigenvalue weighted by atomic mass is 16.6. The van der Waals surface area contributed by atoms with Gasteiger partial charge in [-0.2, -0.15) is 0 Å². The number of aliphatic carboxylic acids is 1. The van der Waals surface area contributed by atoms with Gasteiger partial charge in [-0.1, -0.05) is 24.3 Å². The van der Waals surface area contributed by atoms with Crippen molar-refractivity contribution in [3.05, 3.63) is 144 Å². The summed E-state index contributed by atoms with van der Waals surface area (Å²) >= 11 is 0. The lowest BCUT2D eigenvalue weighted by Gasteiger charge is -2.34. The molecule has 16 heteroatoms. The lowest BCUT2D eigenvalue weighted by atomic mass is 9.79. The fraction of sp³-hybridized carbons (Fsp3) is 0.217. The number of benzene rings is 4. The van der Waals surface area contributed by atoms with Crippen molar-refractivity contribution in [1.82, 2.24) is 19.9 Å². The molecule has 2 atom stereocenters. The quantitative estimate of drug-likeness (QED) is 0.159. The topological polar surface area (TPSA) is 229 Å². The Balaban J connectivity index is 0.000000159. The molecule has 0 saturated heterocycles. The zero-order valence-corrected chi connectivity index (χ0v) is 33.9. The summed E-state index contributed by atoms with van der Waals surface area (Å²) < 4.78 is 29.0. The molecule has 4 aliphatic rings. The third-order valence-electron chi connectivity index (χ3n) is 10.6. The van der Waals surface area contributed by atoms with Crippen molar-refractivity contribution in [3.63, 3.8) is 0 Å². The summed E-state index contributed by atoms with van der Waals surface area (Å²) in [6.45, 7) is 5.97. The van der Waals surface area contributed by atoms with Crippen LogP contribution in [0.5, 0.6) is 23.0 Å². The van der Waals surface area contributed by atoms with Crippen molar-refractivity contribution in [1.29, 1.82) is 0 Å². The smallest absolute Gasteiger partial charge is 0.310 e. The summed E-state index contributed by atoms with van der Waals surface area (Å²) in [5.74, 6) is 1.35. The molecule has 0 unspecified atom stereocenters. The molecule has 6 aromatic rings. The van der Waals surface area contributed by atoms with Crippen molar-refractivity contribution in [2.75, 3.05) is 13.2 Å². The van der Waals surface area contributed by atoms with E-state index in [4.69, 9.17) is 40.1 Å². The van der Waals surface area contributed by atoms with E-state index in [1.54, 1.807) is 43.0 Å². The number of amidine groups is 2. The maximum absolute atomic E-state index is 12.4. The number of carbonyl (C=O) groups excluding carboxylic acids is 1. The number of nitrogens with two attached hydrogens (primary N) is 2. The fourth-order valence-corrected chi connectivity index (χ4v) is 8.00. The second-order valence-corrected chi connectivity index (χ2v) is 16.1. The number of carbonyl (C=O) groups is 2. The van der Waals surface area contributed by atoms with Gasteiger partial charge in [0.1, 0.15) is 54.5 Å². The van der Waals surface area contributed by atoms with Gasteiger partial charge in [0.2, 0.25) is 0 Å². The number of aliphatic imine (C=N–C) groups is 2. The van der Waals surface area contributed by atoms with Gasteiger partial charge in [-0.25, -0.2) is 29.9 Å². The molecule has 0 bridgehead atoms. The second kappa shape index (κ2) is 15.3. The average Bonchev–Trinajstić information content (AvgIpc) is 3.84. The minimum atomic E-state index is -0.910. The summed E-state index contributed by atoms with van der Waals surface area (Å²) in [7, 11) is 0. The Labute approximate surface area is 355 Å². The van der Waals surface area contributed by atoms with E-state index in [9.17, 15) is 14.7 Å². The molecular formula is C46H40N8O8. The van der Waals surface area contributed by atoms with E-state index in [-0.39, 0.29) is 44.1 Å². The Morgan fingerprint density at radius 2 is 1.02 bits per heavy atom. The van der Waals surface area contributed by atoms with E-state index in [0.717, 1.165) is 50.1 Å². The maximum Gasteiger partial charge on any atom is 0.310 e. The molecule has 16 nitrogen and oxygen atoms in total. The van der Waals surface area contributed by atoms with Gasteiger partial charge in [-0.05, 0) is 91.6 Å². The van der Waals surface area contributed by atoms with E-state index in [2.05, 4.69) is 24.9 Å². The van der Waals surface area contributed by atoms with E-state index in [1.165, 1.54) is 12.7 Å². The minimum absolute atomic E-state index is 0.0842. The molecule has 10 rings (SSSR count). The first kappa shape index (κ1) is 39.6. The predicted octanol–water partition coefficient (Wildman–Crippen LogP) is 6.19. The molecule has 0 amide bonds. The molecule has 0 fully saturated rings. The first-order valence-electron chi connectivity index (χ1n) is 19.6. The van der Waals surface area contributed by atoms with Crippen LogP contribution in [-0.4, -0.2) is 67.8 Å². The monoisotopic (exact) mass is 832 g/mol. The van der Waals surface area contributed by atoms with Crippen molar-refractivity contribution < 1.29 is 38.4 Å². The lowest BCUT2D eigenvalue weighted by molar-refractivity contribution is -0.154. The molecule has 4 aromatic carbocycles. The van der Waals surface area contributed by atoms with Crippen LogP contribution >= 0.6 is 0 Å². The number of carboxylic acids is 1. The van der Waals surface area contributed by atoms with E-state index in [1.807, 2.05) is 75.4 Å². The van der Waals surface area contributed by atoms with E-state index >= 15 is 0 Å². The Morgan fingerprint density at radius 3 is 1.40 bits per heavy atom. The van der Waals surface area contributed by atoms with Gasteiger partial charge in [0.15, 0.2) is 11.1 Å². The second-order valence-electron chi connectivity index (χ2n) is 16.1. The first-order valence-corrected chi connectivity index (χ1v) is 19.6. The van der Waals surface area contributed by atoms with Crippen molar-refractivity contribution >= 4 is 24.0 Å². The highest BCUT2D eigenvalue weighted by molar-refractivity contribution is 5.80. The van der Waals surface area contributed by atoms with Crippen molar-refractivity contribution in [2.24, 2.45) is 21.5 Å². The number of nitrogens with zero attached hydrogens (tertiary/aromatic N) is 6. The van der Waals surface area contributed by atoms with E-state index in [0.29, 0.717) is 28.6 Å². The van der Waals surface area contributed by atoms with Gasteiger partial charge in [0.25, 0.3) is 12.0 Å². The highest BCUT2D eigenvalue weighted by Crippen LogP contribution is 2.53. The number of esters is 1. The molecule has 0 aliphatic carbocycles. The lowest BCUT2D eigenvalue weighted by Crippen LogP contribution is -2.31. The molecule has 0 radical (unpaired) electrons. The standard InChI is InChI=1S/C25H24N4O4.C21H16N4O4/c1-24(2,3)33-22(30)9-15-4-6-20-18(8-15)25(13-31-23(26)29-25)19-10-16(5-7-21(19)32-20)17-11-27-14-28-12-17;22-20-25-21(10-28-20)15-5-12(6-19(26)27)1-3-17(15)29-18-4-2-13(7-16(18)21)14-8-23-11-24-9-14/h4-8,10-12,14H,9,13H2,1-3H3,(H2,26,29);1-5,7-9,11H,6,10H2,(H2,22,25)(H,26,27)/t25-;21-/m11/s1. The number of aromatic nitrogens is 4. The molecule has 6 heterocycles. The van der Waals surface area contributed by atoms with Crippen LogP contribution in [0.2, 0.25) is 0 Å². The minimum Gasteiger partial charge on any atom is -0.481 e. The van der Waals surface area contributed by atoms with Crippen LogP contribution in [0.25, 0.3) is 22.3 Å². The van der Waals surface area contributed by atoms with Crippen LogP contribution in [0.4, 0.5) is 0 Å². The fourth-order valence-electron chi connectivity index (χ4n) is 8.00. The summed E-state index contributed by atoms with van der Waals surface area (Å²) in [6, 6.07) is 22.8. The maximum atomic E-state index is 12.4. The Hall–Kier alpha value is -7.88. The Bertz CT molecular complexity index is 2810. The Morgan fingerprint density at radius 1 is 0.613 bits per heavy atom. The molecule has 62 heavy (non-hydrogen) atoms. The largest absolute Gasteiger partial charge is 0.481 e. The zero-order valence-electron chi connectivity index (χ0n) is 33.9. The molecule has 0 saturated carbocycles. The molecule has 2 spiro atoms. The third-order valence-corrected chi connectivity index (χ3v) is 10.6. The number of carboxylic acid groups (broad SMARTS) is 1. The van der Waals surface area contributed by atoms with Crippen molar-refractivity contribution in [2.45, 2.75) is 50.3 Å². The Kier molecular flexibility index (Phi) is 9.76. The van der Waals surface area contributed by atoms with Gasteiger partial charge in [0.05, 0.1) is 12.8 Å². The number of hydrogen-bond acceptors (Lipinski definition) is 15. The normalized spacial score (nSPS) is 18.8. The predicted molar refractivity (Wildman–Crippen MR) is 226 cm³/mol. The van der Waals surface area contributed by atoms with Gasteiger partial charge >= 0.3 is 11.9 Å². The van der Waals surface area contributed by atoms with Crippen LogP contribution in [-0.2, 0) is 47.7 Å². The summed E-state index contributed by atoms with van der Waals surface area (Å²) in [6.07, 6.45) is 9.96. The van der Waals surface area contributed by atoms with Crippen LogP contribution in [0.1, 0.15) is 54.2 Å². The van der Waals surface area contributed by atoms with Crippen LogP contribution in [0, 0.1) is 0 Å². The number of rotatable bonds is 6. The number of ether oxygens (including phenoxy) is 5. The van der Waals surface area contributed by atoms with Gasteiger partial charge in [-0.3, -0.25) is 9.59 Å². The average molecular weight is 833 g/mol. The first-order chi connectivity index (χ1) is 29.8. The van der Waals surface area contributed by atoms with Gasteiger partial charge in [0, 0.05) is 58.2 Å². The summed E-state index contributed by atoms with van der Waals surface area (Å²) in [5, 5.41) is 9.17. The van der Waals surface area contributed by atoms with Gasteiger partial charge in [-0.15, -0.1) is 0 Å². The summed E-state index contributed by atoms with van der Waals surface area (Å²) in [4.78, 5) is 49.4. The SMILES string of the molecule is CC(C)(C)OC(=O)Cc1ccc2c(c1)[C@]1(COC(N)=N1)c1cc(-c3cncnc3)ccc1O2.NC1=N[C@]2(CO1)c1cc(CC(=O)O)ccc1Oc1ccc(-c3cncnc3)cc12. The molecule has 2 aromatic heterocycles. The molecule has 4 aliphatic heterocycles. The van der Waals surface area contributed by atoms with Crippen LogP contribution in [0.15, 0.2) is 120 Å². The number of fused-ring (bicyclic) bond motifs is 8. The zero-order chi connectivity index (χ0) is 43.2. The number of hydrogen-bond donors (Lipinski definition) is 3. The van der Waals surface area contributed by atoms with Crippen LogP contribution < -0.4 is 20.9 Å². The van der Waals surface area contributed by atoms with Gasteiger partial charge < -0.3 is 40.3 Å². The van der Waals surface area contributed by atoms with E-state index < -0.39 is 22.6 Å². The third kappa shape index (κ3) is 7.46. The van der Waals surface area contributed by atoms with Crippen LogP contribution in [0.3, 0.4) is 0 Å².